The maximum Gasteiger partial charge on any atom is 0.150 e. The lowest BCUT2D eigenvalue weighted by Crippen LogP contribution is -1.91. The summed E-state index contributed by atoms with van der Waals surface area (Å²) in [6, 6.07) is 11.8. The number of nitrogens with one attached hydrogen (secondary N) is 1. The molecule has 0 saturated heterocycles. The molecule has 2 aromatic rings. The third-order valence-electron chi connectivity index (χ3n) is 2.51. The van der Waals surface area contributed by atoms with Crippen LogP contribution in [0.5, 0.6) is 5.75 Å². The fourth-order valence-corrected chi connectivity index (χ4v) is 1.71. The van der Waals surface area contributed by atoms with Gasteiger partial charge in [0.1, 0.15) is 17.6 Å². The van der Waals surface area contributed by atoms with Crippen molar-refractivity contribution in [2.24, 2.45) is 0 Å². The Morgan fingerprint density at radius 3 is 2.85 bits per heavy atom. The number of phenols is 1. The van der Waals surface area contributed by atoms with Crippen molar-refractivity contribution >= 4 is 23.4 Å². The second kappa shape index (κ2) is 6.09. The lowest BCUT2D eigenvalue weighted by atomic mass is 10.1. The summed E-state index contributed by atoms with van der Waals surface area (Å²) < 4.78 is 13.4. The minimum Gasteiger partial charge on any atom is -0.508 e. The van der Waals surface area contributed by atoms with Gasteiger partial charge < -0.3 is 10.4 Å². The summed E-state index contributed by atoms with van der Waals surface area (Å²) in [6.07, 6.45) is 3.10. The van der Waals surface area contributed by atoms with Crippen LogP contribution in [0, 0.1) is 23.2 Å². The lowest BCUT2D eigenvalue weighted by molar-refractivity contribution is 0.469. The highest BCUT2D eigenvalue weighted by Crippen LogP contribution is 2.20. The van der Waals surface area contributed by atoms with Crippen LogP contribution >= 0.6 is 11.6 Å². The van der Waals surface area contributed by atoms with Gasteiger partial charge >= 0.3 is 0 Å². The minimum atomic E-state index is -0.571. The van der Waals surface area contributed by atoms with Crippen molar-refractivity contribution in [2.75, 3.05) is 5.32 Å². The molecule has 0 heterocycles. The van der Waals surface area contributed by atoms with E-state index < -0.39 is 5.82 Å². The Hall–Kier alpha value is -2.51. The largest absolute Gasteiger partial charge is 0.508 e. The van der Waals surface area contributed by atoms with E-state index >= 15 is 0 Å². The predicted octanol–water partition coefficient (Wildman–Crippen LogP) is 3.94. The lowest BCUT2D eigenvalue weighted by Gasteiger charge is -2.03. The molecule has 0 spiro atoms. The van der Waals surface area contributed by atoms with Gasteiger partial charge in [-0.25, -0.2) is 4.39 Å². The van der Waals surface area contributed by atoms with E-state index in [1.165, 1.54) is 18.3 Å². The molecule has 3 nitrogen and oxygen atoms in total. The first kappa shape index (κ1) is 13.9. The molecule has 99 valence electrons. The van der Waals surface area contributed by atoms with E-state index in [4.69, 9.17) is 22.0 Å². The molecule has 0 aliphatic rings. The standard InChI is InChI=1S/C15H9ClFN2O/c16-12-2-1-10(11(7-12)9-18)5-6-19-15-4-3-13(20)8-14(15)17/h1-6,8,19-20H. The van der Waals surface area contributed by atoms with E-state index in [1.807, 2.05) is 6.07 Å². The molecule has 0 aliphatic heterocycles. The molecule has 2 N–H and O–H groups in total. The normalized spacial score (nSPS) is 10.4. The predicted molar refractivity (Wildman–Crippen MR) is 75.7 cm³/mol. The second-order valence-corrected chi connectivity index (χ2v) is 4.30. The van der Waals surface area contributed by atoms with E-state index in [-0.39, 0.29) is 11.4 Å². The van der Waals surface area contributed by atoms with Crippen LogP contribution < -0.4 is 5.32 Å². The average Bonchev–Trinajstić information content (AvgIpc) is 2.42. The van der Waals surface area contributed by atoms with Gasteiger partial charge in [-0.05, 0) is 29.8 Å². The van der Waals surface area contributed by atoms with E-state index in [9.17, 15) is 4.39 Å². The fourth-order valence-electron chi connectivity index (χ4n) is 1.55. The monoisotopic (exact) mass is 287 g/mol. The molecule has 0 atom stereocenters. The number of nitriles is 1. The Morgan fingerprint density at radius 1 is 1.35 bits per heavy atom. The van der Waals surface area contributed by atoms with Crippen molar-refractivity contribution in [2.45, 2.75) is 0 Å². The Kier molecular flexibility index (Phi) is 4.24. The first-order valence-corrected chi connectivity index (χ1v) is 6.01. The molecule has 2 aromatic carbocycles. The highest BCUT2D eigenvalue weighted by Gasteiger charge is 2.02. The number of rotatable bonds is 3. The van der Waals surface area contributed by atoms with Crippen LogP contribution in [0.25, 0.3) is 6.08 Å². The van der Waals surface area contributed by atoms with Gasteiger partial charge in [0.15, 0.2) is 0 Å². The number of benzene rings is 2. The summed E-state index contributed by atoms with van der Waals surface area (Å²) in [5.41, 5.74) is 1.14. The molecule has 0 aromatic heterocycles. The van der Waals surface area contributed by atoms with Crippen LogP contribution in [0.2, 0.25) is 5.02 Å². The van der Waals surface area contributed by atoms with Gasteiger partial charge in [0.2, 0.25) is 0 Å². The van der Waals surface area contributed by atoms with Gasteiger partial charge in [-0.2, -0.15) is 5.26 Å². The highest BCUT2D eigenvalue weighted by molar-refractivity contribution is 6.30. The Labute approximate surface area is 120 Å². The van der Waals surface area contributed by atoms with Crippen LogP contribution in [-0.4, -0.2) is 5.11 Å². The number of hydrogen-bond acceptors (Lipinski definition) is 3. The quantitative estimate of drug-likeness (QED) is 0.841. The molecule has 0 unspecified atom stereocenters. The third-order valence-corrected chi connectivity index (χ3v) is 2.73. The first-order valence-electron chi connectivity index (χ1n) is 5.63. The van der Waals surface area contributed by atoms with Crippen molar-refractivity contribution in [3.63, 3.8) is 0 Å². The fraction of sp³-hybridized carbons (Fsp3) is 0. The summed E-state index contributed by atoms with van der Waals surface area (Å²) in [5, 5.41) is 21.1. The number of nitrogens with zero attached hydrogens (tertiary/aromatic N) is 1. The molecule has 5 heteroatoms. The van der Waals surface area contributed by atoms with Crippen LogP contribution in [0.15, 0.2) is 36.5 Å². The zero-order chi connectivity index (χ0) is 14.5. The van der Waals surface area contributed by atoms with E-state index in [0.717, 1.165) is 6.07 Å². The van der Waals surface area contributed by atoms with Gasteiger partial charge in [0, 0.05) is 23.4 Å². The Bertz CT molecular complexity index is 708. The van der Waals surface area contributed by atoms with Crippen molar-refractivity contribution in [3.05, 3.63) is 64.6 Å². The number of aromatic hydroxyl groups is 1. The van der Waals surface area contributed by atoms with E-state index in [0.29, 0.717) is 16.1 Å². The molecule has 1 radical (unpaired) electrons. The zero-order valence-corrected chi connectivity index (χ0v) is 10.9. The maximum absolute atomic E-state index is 13.4. The summed E-state index contributed by atoms with van der Waals surface area (Å²) in [4.78, 5) is 0. The smallest absolute Gasteiger partial charge is 0.150 e. The van der Waals surface area contributed by atoms with E-state index in [2.05, 4.69) is 11.4 Å². The SMILES string of the molecule is N#Cc1[c]c(Cl)ccc1C=CNc1ccc(O)cc1F. The van der Waals surface area contributed by atoms with Gasteiger partial charge in [-0.15, -0.1) is 0 Å². The van der Waals surface area contributed by atoms with Gasteiger partial charge in [-0.1, -0.05) is 17.7 Å². The van der Waals surface area contributed by atoms with Crippen molar-refractivity contribution < 1.29 is 9.50 Å². The average molecular weight is 288 g/mol. The number of halogens is 2. The van der Waals surface area contributed by atoms with Crippen LogP contribution in [0.1, 0.15) is 11.1 Å². The first-order chi connectivity index (χ1) is 9.60. The number of anilines is 1. The van der Waals surface area contributed by atoms with Gasteiger partial charge in [0.25, 0.3) is 0 Å². The van der Waals surface area contributed by atoms with Crippen LogP contribution in [0.3, 0.4) is 0 Å². The topological polar surface area (TPSA) is 56.0 Å². The molecule has 2 rings (SSSR count). The second-order valence-electron chi connectivity index (χ2n) is 3.89. The van der Waals surface area contributed by atoms with Crippen molar-refractivity contribution in [1.29, 1.82) is 5.26 Å². The Balaban J connectivity index is 2.16. The molecule has 0 aliphatic carbocycles. The minimum absolute atomic E-state index is 0.143. The zero-order valence-electron chi connectivity index (χ0n) is 10.2. The summed E-state index contributed by atoms with van der Waals surface area (Å²) in [6.45, 7) is 0. The molecule has 0 saturated carbocycles. The van der Waals surface area contributed by atoms with Crippen molar-refractivity contribution in [1.82, 2.24) is 0 Å². The molecular formula is C15H9ClFN2O. The summed E-state index contributed by atoms with van der Waals surface area (Å²) >= 11 is 5.74. The highest BCUT2D eigenvalue weighted by atomic mass is 35.5. The van der Waals surface area contributed by atoms with Crippen LogP contribution in [-0.2, 0) is 0 Å². The Morgan fingerprint density at radius 2 is 2.15 bits per heavy atom. The summed E-state index contributed by atoms with van der Waals surface area (Å²) in [5.74, 6) is -0.714. The van der Waals surface area contributed by atoms with Gasteiger partial charge in [-0.3, -0.25) is 0 Å². The molecule has 0 bridgehead atoms. The third kappa shape index (κ3) is 3.28. The summed E-state index contributed by atoms with van der Waals surface area (Å²) in [7, 11) is 0. The van der Waals surface area contributed by atoms with Crippen LogP contribution in [0.4, 0.5) is 10.1 Å². The number of phenolic OH excluding ortho intramolecular Hbond substituents is 1. The molecular weight excluding hydrogens is 279 g/mol. The van der Waals surface area contributed by atoms with E-state index in [1.54, 1.807) is 18.2 Å². The maximum atomic E-state index is 13.4. The molecule has 20 heavy (non-hydrogen) atoms. The number of hydrogen-bond donors (Lipinski definition) is 2. The van der Waals surface area contributed by atoms with Crippen molar-refractivity contribution in [3.8, 4) is 11.8 Å². The van der Waals surface area contributed by atoms with Gasteiger partial charge in [0.05, 0.1) is 11.3 Å². The molecule has 0 amide bonds. The molecule has 0 fully saturated rings.